The number of nitrogens with zero attached hydrogens (tertiary/aromatic N) is 2. The van der Waals surface area contributed by atoms with Crippen molar-refractivity contribution in [2.75, 3.05) is 13.7 Å². The molecule has 6 heteroatoms. The fourth-order valence-corrected chi connectivity index (χ4v) is 1.91. The van der Waals surface area contributed by atoms with Gasteiger partial charge in [-0.25, -0.2) is 9.18 Å². The molecule has 0 aliphatic carbocycles. The summed E-state index contributed by atoms with van der Waals surface area (Å²) in [5, 5.41) is 13.3. The number of hydrogen-bond donors (Lipinski definition) is 1. The maximum absolute atomic E-state index is 13.7. The van der Waals surface area contributed by atoms with Gasteiger partial charge in [0.1, 0.15) is 5.82 Å². The van der Waals surface area contributed by atoms with E-state index in [1.807, 2.05) is 0 Å². The number of carboxylic acids is 1. The quantitative estimate of drug-likeness (QED) is 0.911. The minimum absolute atomic E-state index is 0.0650. The van der Waals surface area contributed by atoms with E-state index in [9.17, 15) is 14.3 Å². The lowest BCUT2D eigenvalue weighted by molar-refractivity contribution is 0.0697. The van der Waals surface area contributed by atoms with Crippen LogP contribution in [0.4, 0.5) is 4.39 Å². The highest BCUT2D eigenvalue weighted by Crippen LogP contribution is 2.26. The molecule has 0 unspecified atom stereocenters. The molecule has 0 amide bonds. The van der Waals surface area contributed by atoms with Gasteiger partial charge in [0, 0.05) is 24.4 Å². The van der Waals surface area contributed by atoms with E-state index in [0.717, 1.165) is 0 Å². The predicted molar refractivity (Wildman–Crippen MR) is 71.2 cm³/mol. The van der Waals surface area contributed by atoms with Crippen LogP contribution >= 0.6 is 0 Å². The van der Waals surface area contributed by atoms with Crippen molar-refractivity contribution < 1.29 is 19.0 Å². The van der Waals surface area contributed by atoms with E-state index in [1.165, 1.54) is 25.3 Å². The molecule has 1 aromatic carbocycles. The summed E-state index contributed by atoms with van der Waals surface area (Å²) < 4.78 is 20.2. The Hall–Kier alpha value is -2.21. The molecule has 0 fully saturated rings. The van der Waals surface area contributed by atoms with Gasteiger partial charge in [-0.2, -0.15) is 5.10 Å². The van der Waals surface area contributed by atoms with Gasteiger partial charge in [0.2, 0.25) is 0 Å². The first kappa shape index (κ1) is 14.2. The summed E-state index contributed by atoms with van der Waals surface area (Å²) in [7, 11) is 1.59. The zero-order chi connectivity index (χ0) is 14.7. The molecule has 1 heterocycles. The zero-order valence-corrected chi connectivity index (χ0v) is 11.3. The topological polar surface area (TPSA) is 64.3 Å². The van der Waals surface area contributed by atoms with E-state index in [0.29, 0.717) is 29.8 Å². The predicted octanol–water partition coefficient (Wildman–Crippen LogP) is 2.34. The third-order valence-corrected chi connectivity index (χ3v) is 3.00. The fourth-order valence-electron chi connectivity index (χ4n) is 1.91. The van der Waals surface area contributed by atoms with Crippen molar-refractivity contribution in [2.24, 2.45) is 0 Å². The third-order valence-electron chi connectivity index (χ3n) is 3.00. The number of benzene rings is 1. The van der Waals surface area contributed by atoms with Gasteiger partial charge in [-0.15, -0.1) is 0 Å². The van der Waals surface area contributed by atoms with Crippen molar-refractivity contribution in [1.82, 2.24) is 9.78 Å². The van der Waals surface area contributed by atoms with E-state index in [2.05, 4.69) is 5.10 Å². The molecule has 0 aliphatic heterocycles. The van der Waals surface area contributed by atoms with Crippen LogP contribution in [0.3, 0.4) is 0 Å². The molecule has 5 nitrogen and oxygen atoms in total. The Morgan fingerprint density at radius 2 is 2.25 bits per heavy atom. The number of hydrogen-bond acceptors (Lipinski definition) is 3. The Morgan fingerprint density at radius 1 is 1.50 bits per heavy atom. The van der Waals surface area contributed by atoms with E-state index in [1.54, 1.807) is 18.0 Å². The number of carbonyl (C=O) groups is 1. The molecule has 1 N–H and O–H groups in total. The van der Waals surface area contributed by atoms with Gasteiger partial charge in [-0.05, 0) is 24.6 Å². The SMILES string of the molecule is COCCn1cc(-c2cc(F)c(C)cc2C(=O)O)cn1. The summed E-state index contributed by atoms with van der Waals surface area (Å²) in [5.74, 6) is -1.53. The Kier molecular flexibility index (Phi) is 4.14. The first-order valence-electron chi connectivity index (χ1n) is 6.08. The van der Waals surface area contributed by atoms with E-state index >= 15 is 0 Å². The van der Waals surface area contributed by atoms with Crippen LogP contribution in [-0.2, 0) is 11.3 Å². The number of rotatable bonds is 5. The lowest BCUT2D eigenvalue weighted by Crippen LogP contribution is -2.04. The molecule has 0 atom stereocenters. The molecule has 0 radical (unpaired) electrons. The van der Waals surface area contributed by atoms with Gasteiger partial charge in [-0.3, -0.25) is 4.68 Å². The van der Waals surface area contributed by atoms with Crippen molar-refractivity contribution in [3.8, 4) is 11.1 Å². The summed E-state index contributed by atoms with van der Waals surface area (Å²) in [4.78, 5) is 11.3. The zero-order valence-electron chi connectivity index (χ0n) is 11.3. The standard InChI is InChI=1S/C14H15FN2O3/c1-9-5-12(14(18)19)11(6-13(9)15)10-7-16-17(8-10)3-4-20-2/h5-8H,3-4H2,1-2H3,(H,18,19). The van der Waals surface area contributed by atoms with Gasteiger partial charge in [0.05, 0.1) is 24.9 Å². The molecule has 0 aliphatic rings. The number of aromatic carboxylic acids is 1. The maximum Gasteiger partial charge on any atom is 0.336 e. The van der Waals surface area contributed by atoms with Crippen molar-refractivity contribution in [1.29, 1.82) is 0 Å². The average molecular weight is 278 g/mol. The normalized spacial score (nSPS) is 10.8. The summed E-state index contributed by atoms with van der Waals surface area (Å²) in [6.07, 6.45) is 3.20. The van der Waals surface area contributed by atoms with Crippen LogP contribution in [0.1, 0.15) is 15.9 Å². The molecule has 106 valence electrons. The number of aromatic nitrogens is 2. The number of carboxylic acid groups (broad SMARTS) is 1. The number of methoxy groups -OCH3 is 1. The molecule has 1 aromatic heterocycles. The molecule has 0 saturated carbocycles. The Balaban J connectivity index is 2.43. The molecular weight excluding hydrogens is 263 g/mol. The van der Waals surface area contributed by atoms with Gasteiger partial charge < -0.3 is 9.84 Å². The summed E-state index contributed by atoms with van der Waals surface area (Å²) in [6.45, 7) is 2.58. The van der Waals surface area contributed by atoms with Gasteiger partial charge in [0.25, 0.3) is 0 Å². The molecule has 2 rings (SSSR count). The lowest BCUT2D eigenvalue weighted by atomic mass is 10.00. The van der Waals surface area contributed by atoms with Crippen LogP contribution in [0.5, 0.6) is 0 Å². The van der Waals surface area contributed by atoms with Crippen molar-refractivity contribution in [2.45, 2.75) is 13.5 Å². The Labute approximate surface area is 115 Å². The van der Waals surface area contributed by atoms with E-state index in [4.69, 9.17) is 4.74 Å². The Morgan fingerprint density at radius 3 is 2.90 bits per heavy atom. The minimum atomic E-state index is -1.09. The molecule has 0 bridgehead atoms. The second-order valence-electron chi connectivity index (χ2n) is 4.44. The first-order chi connectivity index (χ1) is 9.52. The first-order valence-corrected chi connectivity index (χ1v) is 6.08. The van der Waals surface area contributed by atoms with Crippen LogP contribution in [0, 0.1) is 12.7 Å². The van der Waals surface area contributed by atoms with Crippen LogP contribution in [-0.4, -0.2) is 34.6 Å². The summed E-state index contributed by atoms with van der Waals surface area (Å²) in [6, 6.07) is 2.57. The fraction of sp³-hybridized carbons (Fsp3) is 0.286. The van der Waals surface area contributed by atoms with Gasteiger partial charge in [-0.1, -0.05) is 0 Å². The highest BCUT2D eigenvalue weighted by atomic mass is 19.1. The van der Waals surface area contributed by atoms with E-state index < -0.39 is 11.8 Å². The van der Waals surface area contributed by atoms with Crippen LogP contribution in [0.2, 0.25) is 0 Å². The van der Waals surface area contributed by atoms with Gasteiger partial charge in [0.15, 0.2) is 0 Å². The average Bonchev–Trinajstić information content (AvgIpc) is 2.87. The Bertz CT molecular complexity index is 637. The van der Waals surface area contributed by atoms with Crippen LogP contribution in [0.15, 0.2) is 24.5 Å². The second-order valence-corrected chi connectivity index (χ2v) is 4.44. The molecule has 2 aromatic rings. The maximum atomic E-state index is 13.7. The third kappa shape index (κ3) is 2.85. The van der Waals surface area contributed by atoms with Crippen molar-refractivity contribution >= 4 is 5.97 Å². The summed E-state index contributed by atoms with van der Waals surface area (Å²) in [5.41, 5.74) is 1.26. The monoisotopic (exact) mass is 278 g/mol. The highest BCUT2D eigenvalue weighted by molar-refractivity contribution is 5.96. The number of halogens is 1. The highest BCUT2D eigenvalue weighted by Gasteiger charge is 2.16. The van der Waals surface area contributed by atoms with Crippen LogP contribution < -0.4 is 0 Å². The molecule has 20 heavy (non-hydrogen) atoms. The van der Waals surface area contributed by atoms with Gasteiger partial charge >= 0.3 is 5.97 Å². The van der Waals surface area contributed by atoms with Crippen molar-refractivity contribution in [3.05, 3.63) is 41.5 Å². The van der Waals surface area contributed by atoms with Crippen LogP contribution in [0.25, 0.3) is 11.1 Å². The number of aryl methyl sites for hydroxylation is 1. The second kappa shape index (κ2) is 5.83. The molecular formula is C14H15FN2O3. The number of ether oxygens (including phenoxy) is 1. The van der Waals surface area contributed by atoms with Crippen molar-refractivity contribution in [3.63, 3.8) is 0 Å². The minimum Gasteiger partial charge on any atom is -0.478 e. The largest absolute Gasteiger partial charge is 0.478 e. The van der Waals surface area contributed by atoms with E-state index in [-0.39, 0.29) is 5.56 Å². The smallest absolute Gasteiger partial charge is 0.336 e. The molecule has 0 saturated heterocycles. The molecule has 0 spiro atoms. The lowest BCUT2D eigenvalue weighted by Gasteiger charge is -2.06. The summed E-state index contributed by atoms with van der Waals surface area (Å²) >= 11 is 0.